The predicted octanol–water partition coefficient (Wildman–Crippen LogP) is 3.01. The van der Waals surface area contributed by atoms with Gasteiger partial charge in [-0.25, -0.2) is 9.78 Å². The second kappa shape index (κ2) is 5.40. The van der Waals surface area contributed by atoms with Crippen LogP contribution in [-0.2, 0) is 4.74 Å². The summed E-state index contributed by atoms with van der Waals surface area (Å²) in [6.07, 6.45) is 0.353. The van der Waals surface area contributed by atoms with Crippen molar-refractivity contribution in [2.75, 3.05) is 11.9 Å². The van der Waals surface area contributed by atoms with Gasteiger partial charge in [0.05, 0.1) is 10.6 Å². The zero-order valence-electron chi connectivity index (χ0n) is 11.0. The van der Waals surface area contributed by atoms with Crippen molar-refractivity contribution >= 4 is 29.1 Å². The van der Waals surface area contributed by atoms with Crippen molar-refractivity contribution in [1.82, 2.24) is 4.98 Å². The first-order chi connectivity index (χ1) is 8.61. The second-order valence-electron chi connectivity index (χ2n) is 4.80. The smallest absolute Gasteiger partial charge is 0.414 e. The van der Waals surface area contributed by atoms with Crippen molar-refractivity contribution in [3.05, 3.63) is 27.5 Å². The third kappa shape index (κ3) is 4.06. The molecule has 1 heterocycles. The van der Waals surface area contributed by atoms with E-state index in [1.807, 2.05) is 0 Å². The second-order valence-corrected chi connectivity index (χ2v) is 5.16. The Kier molecular flexibility index (Phi) is 4.31. The number of pyridine rings is 1. The van der Waals surface area contributed by atoms with Gasteiger partial charge in [-0.05, 0) is 20.8 Å². The van der Waals surface area contributed by atoms with Gasteiger partial charge >= 0.3 is 6.09 Å². The molecule has 0 saturated heterocycles. The quantitative estimate of drug-likeness (QED) is 0.474. The van der Waals surface area contributed by atoms with E-state index in [0.29, 0.717) is 0 Å². The molecule has 0 aliphatic rings. The van der Waals surface area contributed by atoms with E-state index in [0.717, 1.165) is 11.1 Å². The molecule has 0 aliphatic carbocycles. The Labute approximate surface area is 115 Å². The van der Waals surface area contributed by atoms with Crippen molar-refractivity contribution < 1.29 is 14.5 Å². The topological polar surface area (TPSA) is 85.6 Å². The number of rotatable bonds is 2. The molecule has 19 heavy (non-hydrogen) atoms. The van der Waals surface area contributed by atoms with E-state index >= 15 is 0 Å². The fourth-order valence-corrected chi connectivity index (χ4v) is 1.42. The normalized spacial score (nSPS) is 11.0. The van der Waals surface area contributed by atoms with Crippen molar-refractivity contribution in [3.8, 4) is 0 Å². The standard InChI is InChI=1S/C11H14ClN3O4/c1-11(2,3)19-10(16)14(4)8-5-7(15(17)18)6-13-9(8)12/h5-6H,1-4H3. The van der Waals surface area contributed by atoms with Gasteiger partial charge in [0.25, 0.3) is 5.69 Å². The lowest BCUT2D eigenvalue weighted by Crippen LogP contribution is -2.34. The van der Waals surface area contributed by atoms with E-state index in [-0.39, 0.29) is 16.5 Å². The number of carbonyl (C=O) groups is 1. The minimum atomic E-state index is -0.675. The summed E-state index contributed by atoms with van der Waals surface area (Å²) < 4.78 is 5.14. The SMILES string of the molecule is CN(C(=O)OC(C)(C)C)c1cc([N+](=O)[O-])cnc1Cl. The Morgan fingerprint density at radius 2 is 2.11 bits per heavy atom. The predicted molar refractivity (Wildman–Crippen MR) is 70.5 cm³/mol. The van der Waals surface area contributed by atoms with E-state index in [9.17, 15) is 14.9 Å². The third-order valence-electron chi connectivity index (χ3n) is 2.05. The molecule has 0 unspecified atom stereocenters. The van der Waals surface area contributed by atoms with Crippen molar-refractivity contribution in [3.63, 3.8) is 0 Å². The zero-order chi connectivity index (χ0) is 14.8. The third-order valence-corrected chi connectivity index (χ3v) is 2.34. The molecule has 104 valence electrons. The molecule has 8 heteroatoms. The molecular formula is C11H14ClN3O4. The Morgan fingerprint density at radius 3 is 2.58 bits per heavy atom. The maximum absolute atomic E-state index is 11.8. The monoisotopic (exact) mass is 287 g/mol. The van der Waals surface area contributed by atoms with E-state index in [1.54, 1.807) is 20.8 Å². The molecule has 0 atom stereocenters. The molecule has 0 spiro atoms. The summed E-state index contributed by atoms with van der Waals surface area (Å²) in [5, 5.41) is 10.7. The number of hydrogen-bond acceptors (Lipinski definition) is 5. The zero-order valence-corrected chi connectivity index (χ0v) is 11.8. The highest BCUT2D eigenvalue weighted by Gasteiger charge is 2.24. The van der Waals surface area contributed by atoms with Crippen LogP contribution in [0.5, 0.6) is 0 Å². The van der Waals surface area contributed by atoms with E-state index in [1.165, 1.54) is 13.1 Å². The van der Waals surface area contributed by atoms with Crippen molar-refractivity contribution in [1.29, 1.82) is 0 Å². The fourth-order valence-electron chi connectivity index (χ4n) is 1.19. The first-order valence-corrected chi connectivity index (χ1v) is 5.76. The number of halogens is 1. The van der Waals surface area contributed by atoms with Crippen molar-refractivity contribution in [2.45, 2.75) is 26.4 Å². The number of hydrogen-bond donors (Lipinski definition) is 0. The molecule has 0 aliphatic heterocycles. The van der Waals surface area contributed by atoms with Gasteiger partial charge in [-0.3, -0.25) is 15.0 Å². The molecule has 7 nitrogen and oxygen atoms in total. The molecule has 0 saturated carbocycles. The number of carbonyl (C=O) groups excluding carboxylic acids is 1. The van der Waals surface area contributed by atoms with Gasteiger partial charge in [0.15, 0.2) is 5.15 Å². The lowest BCUT2D eigenvalue weighted by Gasteiger charge is -2.24. The minimum absolute atomic E-state index is 0.0149. The molecule has 1 rings (SSSR count). The van der Waals surface area contributed by atoms with E-state index in [4.69, 9.17) is 16.3 Å². The number of nitro groups is 1. The Morgan fingerprint density at radius 1 is 1.53 bits per heavy atom. The largest absolute Gasteiger partial charge is 0.443 e. The maximum atomic E-state index is 11.8. The number of amides is 1. The van der Waals surface area contributed by atoms with Crippen LogP contribution in [0, 0.1) is 10.1 Å². The number of anilines is 1. The molecule has 1 aromatic heterocycles. The average Bonchev–Trinajstić information content (AvgIpc) is 2.26. The van der Waals surface area contributed by atoms with Crippen LogP contribution in [0.4, 0.5) is 16.2 Å². The summed E-state index contributed by atoms with van der Waals surface area (Å²) in [4.78, 5) is 26.6. The highest BCUT2D eigenvalue weighted by molar-refractivity contribution is 6.32. The molecule has 0 N–H and O–H groups in total. The Balaban J connectivity index is 3.05. The van der Waals surface area contributed by atoms with Gasteiger partial charge in [-0.2, -0.15) is 0 Å². The molecule has 0 bridgehead atoms. The van der Waals surface area contributed by atoms with Gasteiger partial charge < -0.3 is 4.74 Å². The first kappa shape index (κ1) is 15.2. The lowest BCUT2D eigenvalue weighted by atomic mass is 10.2. The van der Waals surface area contributed by atoms with Crippen LogP contribution in [0.3, 0.4) is 0 Å². The summed E-state index contributed by atoms with van der Waals surface area (Å²) in [6, 6.07) is 1.17. The minimum Gasteiger partial charge on any atom is -0.443 e. The van der Waals surface area contributed by atoms with Crippen molar-refractivity contribution in [2.24, 2.45) is 0 Å². The Bertz CT molecular complexity index is 513. The molecule has 0 radical (unpaired) electrons. The highest BCUT2D eigenvalue weighted by atomic mass is 35.5. The molecule has 0 aromatic carbocycles. The fraction of sp³-hybridized carbons (Fsp3) is 0.455. The van der Waals surface area contributed by atoms with Crippen LogP contribution >= 0.6 is 11.6 Å². The van der Waals surface area contributed by atoms with Gasteiger partial charge in [0.1, 0.15) is 11.8 Å². The van der Waals surface area contributed by atoms with Gasteiger partial charge in [0.2, 0.25) is 0 Å². The molecule has 1 aromatic rings. The van der Waals surface area contributed by atoms with E-state index < -0.39 is 16.6 Å². The summed E-state index contributed by atoms with van der Waals surface area (Å²) >= 11 is 5.83. The van der Waals surface area contributed by atoms with Gasteiger partial charge in [-0.1, -0.05) is 11.6 Å². The summed E-state index contributed by atoms with van der Waals surface area (Å²) in [7, 11) is 1.40. The number of ether oxygens (including phenoxy) is 1. The highest BCUT2D eigenvalue weighted by Crippen LogP contribution is 2.27. The van der Waals surface area contributed by atoms with Gasteiger partial charge in [-0.15, -0.1) is 0 Å². The van der Waals surface area contributed by atoms with Crippen LogP contribution in [0.25, 0.3) is 0 Å². The maximum Gasteiger partial charge on any atom is 0.414 e. The average molecular weight is 288 g/mol. The van der Waals surface area contributed by atoms with Crippen LogP contribution in [0.15, 0.2) is 12.3 Å². The van der Waals surface area contributed by atoms with Crippen LogP contribution in [0.1, 0.15) is 20.8 Å². The Hall–Kier alpha value is -1.89. The van der Waals surface area contributed by atoms with Crippen LogP contribution in [-0.4, -0.2) is 28.6 Å². The summed E-state index contributed by atoms with van der Waals surface area (Å²) in [6.45, 7) is 5.14. The first-order valence-electron chi connectivity index (χ1n) is 5.38. The number of aromatic nitrogens is 1. The molecular weight excluding hydrogens is 274 g/mol. The summed E-state index contributed by atoms with van der Waals surface area (Å²) in [5.41, 5.74) is -0.814. The van der Waals surface area contributed by atoms with Gasteiger partial charge in [0, 0.05) is 13.1 Å². The molecule has 0 fully saturated rings. The summed E-state index contributed by atoms with van der Waals surface area (Å²) in [5.74, 6) is 0. The van der Waals surface area contributed by atoms with Crippen LogP contribution in [0.2, 0.25) is 5.15 Å². The number of nitrogens with zero attached hydrogens (tertiary/aromatic N) is 3. The lowest BCUT2D eigenvalue weighted by molar-refractivity contribution is -0.385. The van der Waals surface area contributed by atoms with Crippen LogP contribution < -0.4 is 4.90 Å². The van der Waals surface area contributed by atoms with E-state index in [2.05, 4.69) is 4.98 Å². The molecule has 1 amide bonds.